The third-order valence-corrected chi connectivity index (χ3v) is 5.46. The maximum absolute atomic E-state index is 13.0. The standard InChI is InChI=1S/C17H25NO3S/c1-4-18(13(2)12-22(3,20)21)17(19)16-11-7-9-14-8-5-6-10-15(14)16/h5-6,8,10,13,16H,4,7,9,11-12H2,1-3H3/t13-,16-/m0/s1. The van der Waals surface area contributed by atoms with Gasteiger partial charge in [-0.15, -0.1) is 0 Å². The van der Waals surface area contributed by atoms with Crippen LogP contribution in [0.2, 0.25) is 0 Å². The fourth-order valence-corrected chi connectivity index (χ4v) is 4.48. The molecule has 0 radical (unpaired) electrons. The normalized spacial score (nSPS) is 19.3. The van der Waals surface area contributed by atoms with E-state index in [0.717, 1.165) is 24.8 Å². The van der Waals surface area contributed by atoms with Crippen LogP contribution >= 0.6 is 0 Å². The van der Waals surface area contributed by atoms with Crippen LogP contribution in [-0.4, -0.2) is 43.8 Å². The Balaban J connectivity index is 2.23. The maximum atomic E-state index is 13.0. The SMILES string of the molecule is CCN(C(=O)[C@H]1CCCc2ccccc21)[C@@H](C)CS(C)(=O)=O. The molecule has 22 heavy (non-hydrogen) atoms. The van der Waals surface area contributed by atoms with E-state index >= 15 is 0 Å². The minimum absolute atomic E-state index is 0.0148. The minimum atomic E-state index is -3.10. The lowest BCUT2D eigenvalue weighted by Crippen LogP contribution is -2.45. The molecule has 0 bridgehead atoms. The molecule has 0 fully saturated rings. The first-order valence-corrected chi connectivity index (χ1v) is 9.95. The Morgan fingerprint density at radius 2 is 2.05 bits per heavy atom. The molecule has 0 saturated carbocycles. The van der Waals surface area contributed by atoms with Crippen LogP contribution in [0.5, 0.6) is 0 Å². The molecule has 1 aromatic carbocycles. The van der Waals surface area contributed by atoms with Crippen molar-refractivity contribution in [2.24, 2.45) is 0 Å². The molecule has 0 unspecified atom stereocenters. The van der Waals surface area contributed by atoms with Gasteiger partial charge in [0.25, 0.3) is 0 Å². The van der Waals surface area contributed by atoms with Crippen molar-refractivity contribution in [3.63, 3.8) is 0 Å². The van der Waals surface area contributed by atoms with E-state index in [-0.39, 0.29) is 23.6 Å². The molecule has 0 aromatic heterocycles. The highest BCUT2D eigenvalue weighted by Crippen LogP contribution is 2.33. The van der Waals surface area contributed by atoms with E-state index in [9.17, 15) is 13.2 Å². The van der Waals surface area contributed by atoms with Crippen molar-refractivity contribution in [2.75, 3.05) is 18.6 Å². The largest absolute Gasteiger partial charge is 0.339 e. The molecule has 1 aliphatic rings. The van der Waals surface area contributed by atoms with Gasteiger partial charge in [-0.2, -0.15) is 0 Å². The van der Waals surface area contributed by atoms with Gasteiger partial charge in [-0.25, -0.2) is 8.42 Å². The number of benzene rings is 1. The number of aryl methyl sites for hydroxylation is 1. The number of nitrogens with zero attached hydrogens (tertiary/aromatic N) is 1. The van der Waals surface area contributed by atoms with Crippen LogP contribution in [0.4, 0.5) is 0 Å². The van der Waals surface area contributed by atoms with Gasteiger partial charge in [-0.05, 0) is 44.2 Å². The lowest BCUT2D eigenvalue weighted by atomic mass is 9.82. The topological polar surface area (TPSA) is 54.5 Å². The number of amides is 1. The van der Waals surface area contributed by atoms with Gasteiger partial charge in [0.1, 0.15) is 9.84 Å². The lowest BCUT2D eigenvalue weighted by molar-refractivity contribution is -0.134. The van der Waals surface area contributed by atoms with Gasteiger partial charge in [0, 0.05) is 18.8 Å². The summed E-state index contributed by atoms with van der Waals surface area (Å²) in [4.78, 5) is 14.7. The Morgan fingerprint density at radius 1 is 1.36 bits per heavy atom. The van der Waals surface area contributed by atoms with Crippen LogP contribution in [0.3, 0.4) is 0 Å². The van der Waals surface area contributed by atoms with Crippen LogP contribution in [0, 0.1) is 0 Å². The molecule has 2 rings (SSSR count). The molecule has 2 atom stereocenters. The summed E-state index contributed by atoms with van der Waals surface area (Å²) in [5.41, 5.74) is 2.36. The Hall–Kier alpha value is -1.36. The van der Waals surface area contributed by atoms with Crippen molar-refractivity contribution in [1.82, 2.24) is 4.90 Å². The Bertz CT molecular complexity index is 639. The van der Waals surface area contributed by atoms with E-state index in [2.05, 4.69) is 6.07 Å². The van der Waals surface area contributed by atoms with Crippen molar-refractivity contribution in [2.45, 2.75) is 45.1 Å². The zero-order chi connectivity index (χ0) is 16.3. The fourth-order valence-electron chi connectivity index (χ4n) is 3.42. The molecule has 0 aliphatic heterocycles. The number of hydrogen-bond donors (Lipinski definition) is 0. The van der Waals surface area contributed by atoms with Crippen LogP contribution in [0.1, 0.15) is 43.7 Å². The van der Waals surface area contributed by atoms with Crippen LogP contribution in [-0.2, 0) is 21.1 Å². The molecule has 5 heteroatoms. The average molecular weight is 323 g/mol. The second-order valence-corrected chi connectivity index (χ2v) is 8.39. The molecule has 0 spiro atoms. The number of hydrogen-bond acceptors (Lipinski definition) is 3. The molecule has 0 N–H and O–H groups in total. The molecule has 1 amide bonds. The first-order valence-electron chi connectivity index (χ1n) is 7.89. The van der Waals surface area contributed by atoms with Gasteiger partial charge < -0.3 is 4.90 Å². The highest BCUT2D eigenvalue weighted by atomic mass is 32.2. The maximum Gasteiger partial charge on any atom is 0.230 e. The van der Waals surface area contributed by atoms with Gasteiger partial charge in [0.05, 0.1) is 11.7 Å². The smallest absolute Gasteiger partial charge is 0.230 e. The third kappa shape index (κ3) is 3.88. The highest BCUT2D eigenvalue weighted by molar-refractivity contribution is 7.90. The summed E-state index contributed by atoms with van der Waals surface area (Å²) in [7, 11) is -3.10. The summed E-state index contributed by atoms with van der Waals surface area (Å²) < 4.78 is 23.0. The number of sulfone groups is 1. The molecular weight excluding hydrogens is 298 g/mol. The summed E-state index contributed by atoms with van der Waals surface area (Å²) >= 11 is 0. The van der Waals surface area contributed by atoms with Crippen LogP contribution < -0.4 is 0 Å². The summed E-state index contributed by atoms with van der Waals surface area (Å²) in [5, 5.41) is 0. The first kappa shape index (κ1) is 17.0. The number of likely N-dealkylation sites (N-methyl/N-ethyl adjacent to an activating group) is 1. The highest BCUT2D eigenvalue weighted by Gasteiger charge is 2.32. The van der Waals surface area contributed by atoms with E-state index < -0.39 is 9.84 Å². The van der Waals surface area contributed by atoms with Gasteiger partial charge in [-0.1, -0.05) is 24.3 Å². The molecule has 122 valence electrons. The fraction of sp³-hybridized carbons (Fsp3) is 0.588. The van der Waals surface area contributed by atoms with Crippen molar-refractivity contribution in [3.8, 4) is 0 Å². The van der Waals surface area contributed by atoms with Crippen molar-refractivity contribution in [1.29, 1.82) is 0 Å². The average Bonchev–Trinajstić information content (AvgIpc) is 2.45. The van der Waals surface area contributed by atoms with Crippen molar-refractivity contribution in [3.05, 3.63) is 35.4 Å². The summed E-state index contributed by atoms with van der Waals surface area (Å²) in [6, 6.07) is 7.81. The number of rotatable bonds is 5. The summed E-state index contributed by atoms with van der Waals surface area (Å²) in [5.74, 6) is -0.0567. The molecule has 4 nitrogen and oxygen atoms in total. The van der Waals surface area contributed by atoms with Gasteiger partial charge >= 0.3 is 0 Å². The zero-order valence-electron chi connectivity index (χ0n) is 13.6. The molecule has 1 aromatic rings. The van der Waals surface area contributed by atoms with Crippen molar-refractivity contribution >= 4 is 15.7 Å². The van der Waals surface area contributed by atoms with E-state index in [0.29, 0.717) is 6.54 Å². The summed E-state index contributed by atoms with van der Waals surface area (Å²) in [6.45, 7) is 4.26. The van der Waals surface area contributed by atoms with Crippen LogP contribution in [0.25, 0.3) is 0 Å². The van der Waals surface area contributed by atoms with Gasteiger partial charge in [0.2, 0.25) is 5.91 Å². The Labute approximate surface area is 133 Å². The number of carbonyl (C=O) groups is 1. The second-order valence-electron chi connectivity index (χ2n) is 6.21. The van der Waals surface area contributed by atoms with E-state index in [1.807, 2.05) is 32.0 Å². The monoisotopic (exact) mass is 323 g/mol. The predicted octanol–water partition coefficient (Wildman–Crippen LogP) is 2.39. The number of carbonyl (C=O) groups excluding carboxylic acids is 1. The van der Waals surface area contributed by atoms with E-state index in [1.165, 1.54) is 11.8 Å². The Morgan fingerprint density at radius 3 is 2.68 bits per heavy atom. The van der Waals surface area contributed by atoms with Gasteiger partial charge in [-0.3, -0.25) is 4.79 Å². The molecular formula is C17H25NO3S. The van der Waals surface area contributed by atoms with Crippen molar-refractivity contribution < 1.29 is 13.2 Å². The second kappa shape index (κ2) is 6.82. The van der Waals surface area contributed by atoms with E-state index in [4.69, 9.17) is 0 Å². The first-order chi connectivity index (χ1) is 10.3. The quantitative estimate of drug-likeness (QED) is 0.836. The predicted molar refractivity (Wildman–Crippen MR) is 88.7 cm³/mol. The molecule has 0 heterocycles. The number of fused-ring (bicyclic) bond motifs is 1. The minimum Gasteiger partial charge on any atom is -0.339 e. The summed E-state index contributed by atoms with van der Waals surface area (Å²) in [6.07, 6.45) is 4.09. The molecule has 0 saturated heterocycles. The van der Waals surface area contributed by atoms with E-state index in [1.54, 1.807) is 4.90 Å². The van der Waals surface area contributed by atoms with Crippen LogP contribution in [0.15, 0.2) is 24.3 Å². The van der Waals surface area contributed by atoms with Gasteiger partial charge in [0.15, 0.2) is 0 Å². The third-order valence-electron chi connectivity index (χ3n) is 4.37. The lowest BCUT2D eigenvalue weighted by Gasteiger charge is -2.33. The zero-order valence-corrected chi connectivity index (χ0v) is 14.4. The molecule has 1 aliphatic carbocycles. The Kier molecular flexibility index (Phi) is 5.27.